The Labute approximate surface area is 154 Å². The average Bonchev–Trinajstić information content (AvgIpc) is 3.32. The van der Waals surface area contributed by atoms with Crippen molar-refractivity contribution >= 4 is 17.4 Å². The number of anilines is 1. The summed E-state index contributed by atoms with van der Waals surface area (Å²) in [5.74, 6) is 0.00361. The molecule has 1 N–H and O–H groups in total. The summed E-state index contributed by atoms with van der Waals surface area (Å²) >= 11 is 0. The lowest BCUT2D eigenvalue weighted by atomic mass is 10.0. The van der Waals surface area contributed by atoms with Crippen LogP contribution in [0.5, 0.6) is 0 Å². The van der Waals surface area contributed by atoms with Crippen LogP contribution in [0.4, 0.5) is 14.6 Å². The first-order chi connectivity index (χ1) is 13.2. The summed E-state index contributed by atoms with van der Waals surface area (Å²) in [6.45, 7) is 0.0988. The Bertz CT molecular complexity index is 974. The highest BCUT2D eigenvalue weighted by molar-refractivity contribution is 5.93. The second-order valence-electron chi connectivity index (χ2n) is 6.46. The third kappa shape index (κ3) is 3.34. The highest BCUT2D eigenvalue weighted by Crippen LogP contribution is 2.35. The molecule has 1 aliphatic rings. The Morgan fingerprint density at radius 1 is 1.30 bits per heavy atom. The van der Waals surface area contributed by atoms with E-state index >= 15 is 0 Å². The topological polar surface area (TPSA) is 62.5 Å². The number of nitrogens with one attached hydrogen (secondary N) is 1. The number of aromatic nitrogens is 3. The fourth-order valence-corrected chi connectivity index (χ4v) is 3.52. The van der Waals surface area contributed by atoms with E-state index in [1.807, 2.05) is 12.1 Å². The van der Waals surface area contributed by atoms with Gasteiger partial charge in [-0.15, -0.1) is 5.10 Å². The maximum absolute atomic E-state index is 13.6. The van der Waals surface area contributed by atoms with Gasteiger partial charge in [0.2, 0.25) is 0 Å². The fourth-order valence-electron chi connectivity index (χ4n) is 3.52. The lowest BCUT2D eigenvalue weighted by Gasteiger charge is -2.26. The van der Waals surface area contributed by atoms with E-state index in [2.05, 4.69) is 20.3 Å². The highest BCUT2D eigenvalue weighted by atomic mass is 19.1. The third-order valence-electron chi connectivity index (χ3n) is 4.74. The van der Waals surface area contributed by atoms with Gasteiger partial charge in [0.05, 0.1) is 12.2 Å². The molecule has 3 heterocycles. The number of halogens is 2. The van der Waals surface area contributed by atoms with Crippen LogP contribution >= 0.6 is 0 Å². The molecular weight excluding hydrogens is 352 g/mol. The van der Waals surface area contributed by atoms with Gasteiger partial charge >= 0.3 is 0 Å². The van der Waals surface area contributed by atoms with E-state index in [-0.39, 0.29) is 24.1 Å². The van der Waals surface area contributed by atoms with Crippen LogP contribution in [0.3, 0.4) is 0 Å². The van der Waals surface area contributed by atoms with Crippen molar-refractivity contribution in [3.63, 3.8) is 0 Å². The van der Waals surface area contributed by atoms with Gasteiger partial charge in [-0.2, -0.15) is 0 Å². The summed E-state index contributed by atoms with van der Waals surface area (Å²) < 4.78 is 27.4. The molecule has 2 aromatic heterocycles. The Hall–Kier alpha value is -3.03. The van der Waals surface area contributed by atoms with E-state index in [9.17, 15) is 13.6 Å². The largest absolute Gasteiger partial charge is 0.348 e. The van der Waals surface area contributed by atoms with Crippen molar-refractivity contribution in [1.82, 2.24) is 19.9 Å². The average molecular weight is 371 g/mol. The van der Waals surface area contributed by atoms with Gasteiger partial charge in [-0.05, 0) is 42.7 Å². The van der Waals surface area contributed by atoms with Crippen molar-refractivity contribution in [2.45, 2.75) is 18.9 Å². The molecule has 1 aliphatic heterocycles. The molecule has 8 heteroatoms. The van der Waals surface area contributed by atoms with Crippen LogP contribution in [0.1, 0.15) is 34.9 Å². The maximum Gasteiger partial charge on any atom is 0.271 e. The second kappa shape index (κ2) is 7.30. The summed E-state index contributed by atoms with van der Waals surface area (Å²) in [4.78, 5) is 18.5. The zero-order valence-electron chi connectivity index (χ0n) is 14.6. The first-order valence-corrected chi connectivity index (χ1v) is 8.88. The molecule has 27 heavy (non-hydrogen) atoms. The minimum atomic E-state index is -0.635. The van der Waals surface area contributed by atoms with Crippen LogP contribution in [0.25, 0.3) is 5.65 Å². The van der Waals surface area contributed by atoms with E-state index in [1.165, 1.54) is 16.8 Å². The Morgan fingerprint density at radius 2 is 2.19 bits per heavy atom. The molecule has 1 fully saturated rings. The number of nitrogens with zero attached hydrogens (tertiary/aromatic N) is 4. The predicted octanol–water partition coefficient (Wildman–Crippen LogP) is 2.91. The van der Waals surface area contributed by atoms with Crippen LogP contribution in [0.15, 0.2) is 42.6 Å². The Balaban J connectivity index is 1.67. The quantitative estimate of drug-likeness (QED) is 0.749. The van der Waals surface area contributed by atoms with Crippen molar-refractivity contribution in [1.29, 1.82) is 0 Å². The zero-order valence-corrected chi connectivity index (χ0v) is 14.6. The molecule has 1 aromatic carbocycles. The van der Waals surface area contributed by atoms with E-state index in [0.29, 0.717) is 11.5 Å². The maximum atomic E-state index is 13.6. The van der Waals surface area contributed by atoms with Gasteiger partial charge in [0.15, 0.2) is 11.3 Å². The monoisotopic (exact) mass is 371 g/mol. The Morgan fingerprint density at radius 3 is 3.00 bits per heavy atom. The molecule has 140 valence electrons. The molecule has 6 nitrogen and oxygen atoms in total. The molecule has 1 atom stereocenters. The third-order valence-corrected chi connectivity index (χ3v) is 4.74. The molecule has 4 rings (SSSR count). The molecule has 0 unspecified atom stereocenters. The minimum absolute atomic E-state index is 0.0259. The number of rotatable bonds is 5. The van der Waals surface area contributed by atoms with Gasteiger partial charge < -0.3 is 10.2 Å². The van der Waals surface area contributed by atoms with Crippen molar-refractivity contribution in [3.05, 3.63) is 59.7 Å². The van der Waals surface area contributed by atoms with E-state index < -0.39 is 12.6 Å². The zero-order chi connectivity index (χ0) is 18.8. The van der Waals surface area contributed by atoms with Gasteiger partial charge in [0.1, 0.15) is 18.3 Å². The number of carbonyl (C=O) groups excluding carboxylic acids is 1. The van der Waals surface area contributed by atoms with Crippen LogP contribution < -0.4 is 10.2 Å². The molecule has 0 radical (unpaired) electrons. The minimum Gasteiger partial charge on any atom is -0.348 e. The number of hydrogen-bond donors (Lipinski definition) is 1. The van der Waals surface area contributed by atoms with Crippen molar-refractivity contribution in [2.24, 2.45) is 0 Å². The lowest BCUT2D eigenvalue weighted by Crippen LogP contribution is -2.28. The van der Waals surface area contributed by atoms with Gasteiger partial charge in [-0.25, -0.2) is 18.3 Å². The summed E-state index contributed by atoms with van der Waals surface area (Å²) in [6.07, 6.45) is 3.29. The molecule has 3 aromatic rings. The molecule has 1 saturated heterocycles. The predicted molar refractivity (Wildman–Crippen MR) is 97.0 cm³/mol. The smallest absolute Gasteiger partial charge is 0.271 e. The first-order valence-electron chi connectivity index (χ1n) is 8.88. The second-order valence-corrected chi connectivity index (χ2v) is 6.46. The van der Waals surface area contributed by atoms with Crippen LogP contribution in [0, 0.1) is 5.82 Å². The van der Waals surface area contributed by atoms with E-state index in [0.717, 1.165) is 24.9 Å². The van der Waals surface area contributed by atoms with Crippen LogP contribution in [-0.4, -0.2) is 40.3 Å². The number of fused-ring (bicyclic) bond motifs is 1. The molecule has 0 bridgehead atoms. The molecule has 0 spiro atoms. The molecular formula is C19H19F2N5O. The number of amides is 1. The molecule has 0 saturated carbocycles. The Kier molecular flexibility index (Phi) is 4.70. The highest BCUT2D eigenvalue weighted by Gasteiger charge is 2.28. The van der Waals surface area contributed by atoms with Gasteiger partial charge in [-0.1, -0.05) is 12.1 Å². The number of benzene rings is 1. The van der Waals surface area contributed by atoms with Gasteiger partial charge in [-0.3, -0.25) is 4.79 Å². The standard InChI is InChI=1S/C19H19F2N5O/c20-8-9-22-19(27)16-12-23-17-6-7-18(24-26(16)17)25-10-2-5-15(25)13-3-1-4-14(21)11-13/h1,3-4,6-7,11-12,15H,2,5,8-10H2,(H,22,27)/t15-/m1/s1. The fraction of sp³-hybridized carbons (Fsp3) is 0.316. The van der Waals surface area contributed by atoms with Crippen molar-refractivity contribution < 1.29 is 13.6 Å². The van der Waals surface area contributed by atoms with Crippen molar-refractivity contribution in [2.75, 3.05) is 24.7 Å². The SMILES string of the molecule is O=C(NCCF)c1cnc2ccc(N3CCC[C@@H]3c3cccc(F)c3)nn12. The van der Waals surface area contributed by atoms with Crippen molar-refractivity contribution in [3.8, 4) is 0 Å². The summed E-state index contributed by atoms with van der Waals surface area (Å²) in [5.41, 5.74) is 1.69. The number of hydrogen-bond acceptors (Lipinski definition) is 4. The van der Waals surface area contributed by atoms with Crippen LogP contribution in [-0.2, 0) is 0 Å². The number of imidazole rings is 1. The summed E-state index contributed by atoms with van der Waals surface area (Å²) in [5, 5.41) is 7.06. The van der Waals surface area contributed by atoms with E-state index in [4.69, 9.17) is 0 Å². The lowest BCUT2D eigenvalue weighted by molar-refractivity contribution is 0.0944. The summed E-state index contributed by atoms with van der Waals surface area (Å²) in [7, 11) is 0. The number of alkyl halides is 1. The first kappa shape index (κ1) is 17.4. The van der Waals surface area contributed by atoms with Crippen LogP contribution in [0.2, 0.25) is 0 Å². The molecule has 0 aliphatic carbocycles. The number of carbonyl (C=O) groups is 1. The molecule has 1 amide bonds. The van der Waals surface area contributed by atoms with E-state index in [1.54, 1.807) is 18.2 Å². The van der Waals surface area contributed by atoms with Gasteiger partial charge in [0.25, 0.3) is 5.91 Å². The van der Waals surface area contributed by atoms with Gasteiger partial charge in [0, 0.05) is 13.1 Å². The normalized spacial score (nSPS) is 16.8. The summed E-state index contributed by atoms with van der Waals surface area (Å²) in [6, 6.07) is 10.3.